The zero-order chi connectivity index (χ0) is 17.6. The van der Waals surface area contributed by atoms with Crippen molar-refractivity contribution < 1.29 is 24.1 Å². The smallest absolute Gasteiger partial charge is 0.131 e. The Hall–Kier alpha value is -1.21. The Balaban J connectivity index is 2.06. The van der Waals surface area contributed by atoms with Gasteiger partial charge in [0.25, 0.3) is 0 Å². The van der Waals surface area contributed by atoms with Crippen LogP contribution in [0.15, 0.2) is 18.2 Å². The molecule has 0 radical (unpaired) electrons. The normalized spacial score (nSPS) is 25.0. The summed E-state index contributed by atoms with van der Waals surface area (Å²) in [5.74, 6) is 0.198. The van der Waals surface area contributed by atoms with E-state index in [0.29, 0.717) is 50.4 Å². The number of piperidine rings is 1. The molecule has 2 atom stereocenters. The van der Waals surface area contributed by atoms with E-state index in [1.807, 2.05) is 0 Å². The summed E-state index contributed by atoms with van der Waals surface area (Å²) in [4.78, 5) is 2.10. The van der Waals surface area contributed by atoms with Crippen LogP contribution in [0.2, 0.25) is 0 Å². The van der Waals surface area contributed by atoms with Gasteiger partial charge in [-0.25, -0.2) is 4.39 Å². The van der Waals surface area contributed by atoms with Gasteiger partial charge in [0, 0.05) is 50.4 Å². The van der Waals surface area contributed by atoms with Gasteiger partial charge in [0.05, 0.1) is 19.8 Å². The lowest BCUT2D eigenvalue weighted by molar-refractivity contribution is -0.0844. The molecule has 2 rings (SSSR count). The van der Waals surface area contributed by atoms with E-state index in [2.05, 4.69) is 4.90 Å². The van der Waals surface area contributed by atoms with E-state index in [-0.39, 0.29) is 12.4 Å². The van der Waals surface area contributed by atoms with E-state index < -0.39 is 11.5 Å². The van der Waals surface area contributed by atoms with Crippen LogP contribution >= 0.6 is 0 Å². The van der Waals surface area contributed by atoms with Crippen LogP contribution in [0, 0.1) is 11.2 Å². The average Bonchev–Trinajstić information content (AvgIpc) is 2.59. The lowest BCUT2D eigenvalue weighted by atomic mass is 9.74. The molecule has 0 bridgehead atoms. The van der Waals surface area contributed by atoms with Crippen LogP contribution in [0.4, 0.5) is 4.39 Å². The zero-order valence-electron chi connectivity index (χ0n) is 14.5. The van der Waals surface area contributed by atoms with Gasteiger partial charge in [0.2, 0.25) is 0 Å². The largest absolute Gasteiger partial charge is 0.497 e. The van der Waals surface area contributed by atoms with Crippen LogP contribution in [0.5, 0.6) is 5.75 Å². The molecular formula is C18H28FNO4. The minimum Gasteiger partial charge on any atom is -0.497 e. The maximum Gasteiger partial charge on any atom is 0.131 e. The van der Waals surface area contributed by atoms with Gasteiger partial charge >= 0.3 is 0 Å². The van der Waals surface area contributed by atoms with E-state index in [0.717, 1.165) is 6.42 Å². The summed E-state index contributed by atoms with van der Waals surface area (Å²) in [6.07, 6.45) is 1.49. The third kappa shape index (κ3) is 4.45. The predicted octanol–water partition coefficient (Wildman–Crippen LogP) is 1.81. The minimum absolute atomic E-state index is 0.0839. The molecule has 24 heavy (non-hydrogen) atoms. The third-order valence-corrected chi connectivity index (χ3v) is 4.96. The second kappa shape index (κ2) is 8.76. The van der Waals surface area contributed by atoms with Crippen molar-refractivity contribution in [2.75, 3.05) is 40.5 Å². The number of aliphatic hydroxyl groups is 2. The monoisotopic (exact) mass is 341 g/mol. The number of ether oxygens (including phenoxy) is 2. The highest BCUT2D eigenvalue weighted by Crippen LogP contribution is 2.35. The van der Waals surface area contributed by atoms with Gasteiger partial charge in [-0.15, -0.1) is 0 Å². The summed E-state index contributed by atoms with van der Waals surface area (Å²) in [6, 6.07) is 4.85. The molecule has 0 aliphatic carbocycles. The maximum atomic E-state index is 14.2. The quantitative estimate of drug-likeness (QED) is 0.706. The fourth-order valence-electron chi connectivity index (χ4n) is 3.45. The Morgan fingerprint density at radius 1 is 1.38 bits per heavy atom. The lowest BCUT2D eigenvalue weighted by Crippen LogP contribution is -2.53. The van der Waals surface area contributed by atoms with E-state index in [9.17, 15) is 14.6 Å². The number of benzene rings is 1. The topological polar surface area (TPSA) is 62.2 Å². The molecule has 5 nitrogen and oxygen atoms in total. The molecule has 0 saturated carbocycles. The van der Waals surface area contributed by atoms with Crippen LogP contribution in [0.25, 0.3) is 0 Å². The number of hydrogen-bond acceptors (Lipinski definition) is 5. The Morgan fingerprint density at radius 3 is 2.79 bits per heavy atom. The van der Waals surface area contributed by atoms with Crippen LogP contribution < -0.4 is 4.74 Å². The van der Waals surface area contributed by atoms with Crippen molar-refractivity contribution in [2.24, 2.45) is 5.41 Å². The van der Waals surface area contributed by atoms with Crippen molar-refractivity contribution in [3.8, 4) is 5.75 Å². The number of halogens is 1. The number of nitrogens with zero attached hydrogens (tertiary/aromatic N) is 1. The molecule has 0 amide bonds. The Labute approximate surface area is 143 Å². The molecule has 1 aromatic rings. The van der Waals surface area contributed by atoms with E-state index in [4.69, 9.17) is 9.47 Å². The van der Waals surface area contributed by atoms with Crippen molar-refractivity contribution in [1.82, 2.24) is 4.90 Å². The van der Waals surface area contributed by atoms with E-state index in [1.165, 1.54) is 13.2 Å². The molecule has 0 unspecified atom stereocenters. The molecule has 136 valence electrons. The van der Waals surface area contributed by atoms with Crippen LogP contribution in [-0.4, -0.2) is 61.7 Å². The fourth-order valence-corrected chi connectivity index (χ4v) is 3.45. The summed E-state index contributed by atoms with van der Waals surface area (Å²) in [5, 5.41) is 20.3. The van der Waals surface area contributed by atoms with E-state index >= 15 is 0 Å². The highest BCUT2D eigenvalue weighted by molar-refractivity contribution is 5.28. The van der Waals surface area contributed by atoms with Crippen LogP contribution in [0.3, 0.4) is 0 Å². The minimum atomic E-state index is -0.570. The molecule has 1 saturated heterocycles. The summed E-state index contributed by atoms with van der Waals surface area (Å²) in [6.45, 7) is 2.19. The molecular weight excluding hydrogens is 313 g/mol. The van der Waals surface area contributed by atoms with E-state index in [1.54, 1.807) is 19.2 Å². The number of aliphatic hydroxyl groups excluding tert-OH is 2. The predicted molar refractivity (Wildman–Crippen MR) is 89.5 cm³/mol. The van der Waals surface area contributed by atoms with Crippen molar-refractivity contribution in [1.29, 1.82) is 0 Å². The van der Waals surface area contributed by atoms with Crippen molar-refractivity contribution in [2.45, 2.75) is 31.9 Å². The molecule has 2 N–H and O–H groups in total. The maximum absolute atomic E-state index is 14.2. The van der Waals surface area contributed by atoms with Gasteiger partial charge in [-0.1, -0.05) is 6.07 Å². The number of hydrogen-bond donors (Lipinski definition) is 2. The number of rotatable bonds is 8. The summed E-state index contributed by atoms with van der Waals surface area (Å²) < 4.78 is 24.3. The van der Waals surface area contributed by atoms with Crippen molar-refractivity contribution in [3.63, 3.8) is 0 Å². The lowest BCUT2D eigenvalue weighted by Gasteiger charge is -2.45. The Morgan fingerprint density at radius 2 is 2.17 bits per heavy atom. The summed E-state index contributed by atoms with van der Waals surface area (Å²) in [7, 11) is 3.15. The van der Waals surface area contributed by atoms with Gasteiger partial charge in [0.1, 0.15) is 11.6 Å². The zero-order valence-corrected chi connectivity index (χ0v) is 14.5. The highest BCUT2D eigenvalue weighted by atomic mass is 19.1. The SMILES string of the molecule is COCCC[C@@]1(CO)CN(Cc2ccc(OC)cc2F)CC[C@H]1O. The standard InChI is InChI=1S/C18H28FNO4/c1-23-9-3-7-18(13-21)12-20(8-6-17(18)22)11-14-4-5-15(24-2)10-16(14)19/h4-5,10,17,21-22H,3,6-9,11-13H2,1-2H3/t17-,18+/m1/s1. The number of likely N-dealkylation sites (tertiary alicyclic amines) is 1. The summed E-state index contributed by atoms with van der Waals surface area (Å²) >= 11 is 0. The molecule has 1 aromatic carbocycles. The molecule has 1 heterocycles. The molecule has 1 aliphatic heterocycles. The van der Waals surface area contributed by atoms with Crippen molar-refractivity contribution in [3.05, 3.63) is 29.6 Å². The second-order valence-electron chi connectivity index (χ2n) is 6.59. The van der Waals surface area contributed by atoms with Gasteiger partial charge < -0.3 is 19.7 Å². The molecule has 1 fully saturated rings. The first-order valence-electron chi connectivity index (χ1n) is 8.37. The summed E-state index contributed by atoms with van der Waals surface area (Å²) in [5.41, 5.74) is 0.0237. The molecule has 6 heteroatoms. The second-order valence-corrected chi connectivity index (χ2v) is 6.59. The average molecular weight is 341 g/mol. The first-order chi connectivity index (χ1) is 11.5. The van der Waals surface area contributed by atoms with Crippen molar-refractivity contribution >= 4 is 0 Å². The third-order valence-electron chi connectivity index (χ3n) is 4.96. The fraction of sp³-hybridized carbons (Fsp3) is 0.667. The first-order valence-corrected chi connectivity index (χ1v) is 8.37. The molecule has 0 spiro atoms. The van der Waals surface area contributed by atoms with Gasteiger partial charge in [-0.05, 0) is 25.3 Å². The van der Waals surface area contributed by atoms with Crippen LogP contribution in [0.1, 0.15) is 24.8 Å². The van der Waals surface area contributed by atoms with Gasteiger partial charge in [0.15, 0.2) is 0 Å². The first kappa shape index (κ1) is 19.1. The van der Waals surface area contributed by atoms with Gasteiger partial charge in [-0.3, -0.25) is 4.90 Å². The molecule has 0 aromatic heterocycles. The van der Waals surface area contributed by atoms with Crippen LogP contribution in [-0.2, 0) is 11.3 Å². The Kier molecular flexibility index (Phi) is 6.98. The number of methoxy groups -OCH3 is 2. The Bertz CT molecular complexity index is 528. The highest BCUT2D eigenvalue weighted by Gasteiger charge is 2.41. The van der Waals surface area contributed by atoms with Gasteiger partial charge in [-0.2, -0.15) is 0 Å². The molecule has 1 aliphatic rings.